The second kappa shape index (κ2) is 9.00. The van der Waals surface area contributed by atoms with Gasteiger partial charge in [-0.1, -0.05) is 49.4 Å². The van der Waals surface area contributed by atoms with Gasteiger partial charge in [0.15, 0.2) is 0 Å². The summed E-state index contributed by atoms with van der Waals surface area (Å²) >= 11 is 13.0. The third kappa shape index (κ3) is 3.96. The first-order chi connectivity index (χ1) is 14.5. The van der Waals surface area contributed by atoms with Crippen molar-refractivity contribution in [2.75, 3.05) is 13.2 Å². The average molecular weight is 449 g/mol. The Balaban J connectivity index is 1.74. The van der Waals surface area contributed by atoms with E-state index in [1.165, 1.54) is 19.3 Å². The topological polar surface area (TPSA) is 74.2 Å². The third-order valence-electron chi connectivity index (χ3n) is 5.79. The second-order valence-electron chi connectivity index (χ2n) is 7.80. The minimum Gasteiger partial charge on any atom is -0.387 e. The highest BCUT2D eigenvalue weighted by Crippen LogP contribution is 2.41. The Bertz CT molecular complexity index is 1070. The number of benzene rings is 1. The number of hydrogen-bond acceptors (Lipinski definition) is 3. The quantitative estimate of drug-likeness (QED) is 0.509. The fraction of sp³-hybridized carbons (Fsp3) is 0.455. The Kier molecular flexibility index (Phi) is 6.37. The molecule has 1 aliphatic heterocycles. The largest absolute Gasteiger partial charge is 0.387 e. The molecular weight excluding hydrogens is 423 g/mol. The van der Waals surface area contributed by atoms with E-state index in [0.717, 1.165) is 46.4 Å². The molecule has 0 fully saturated rings. The lowest BCUT2D eigenvalue weighted by Crippen LogP contribution is -2.37. The van der Waals surface area contributed by atoms with Crippen LogP contribution in [0.1, 0.15) is 43.9 Å². The van der Waals surface area contributed by atoms with Gasteiger partial charge in [-0.25, -0.2) is 0 Å². The van der Waals surface area contributed by atoms with Gasteiger partial charge in [0.25, 0.3) is 0 Å². The van der Waals surface area contributed by atoms with Gasteiger partial charge in [-0.3, -0.25) is 9.48 Å². The zero-order valence-electron chi connectivity index (χ0n) is 17.0. The highest BCUT2D eigenvalue weighted by molar-refractivity contribution is 6.45. The van der Waals surface area contributed by atoms with Crippen LogP contribution >= 0.6 is 23.2 Å². The maximum Gasteiger partial charge on any atom is 0.248 e. The number of halogens is 2. The number of aliphatic hydroxyl groups is 1. The zero-order chi connectivity index (χ0) is 21.3. The van der Waals surface area contributed by atoms with Crippen LogP contribution in [0.2, 0.25) is 10.0 Å². The number of aromatic nitrogens is 3. The summed E-state index contributed by atoms with van der Waals surface area (Å²) in [6.45, 7) is 3.59. The maximum atomic E-state index is 12.1. The van der Waals surface area contributed by atoms with Crippen LogP contribution in [0.15, 0.2) is 18.3 Å². The third-order valence-corrected chi connectivity index (χ3v) is 6.57. The molecule has 0 radical (unpaired) electrons. The molecule has 30 heavy (non-hydrogen) atoms. The van der Waals surface area contributed by atoms with Crippen LogP contribution in [0.3, 0.4) is 0 Å². The average Bonchev–Trinajstić information content (AvgIpc) is 3.38. The number of rotatable bonds is 7. The molecule has 4 rings (SSSR count). The van der Waals surface area contributed by atoms with Crippen LogP contribution in [-0.4, -0.2) is 43.8 Å². The summed E-state index contributed by atoms with van der Waals surface area (Å²) in [7, 11) is 0. The lowest BCUT2D eigenvalue weighted by atomic mass is 9.99. The van der Waals surface area contributed by atoms with Gasteiger partial charge >= 0.3 is 0 Å². The fourth-order valence-corrected chi connectivity index (χ4v) is 4.58. The van der Waals surface area contributed by atoms with E-state index in [1.54, 1.807) is 4.90 Å². The molecule has 0 saturated heterocycles. The molecule has 8 heteroatoms. The Hall–Kier alpha value is -2.02. The Labute approximate surface area is 185 Å². The van der Waals surface area contributed by atoms with Gasteiger partial charge in [0, 0.05) is 54.5 Å². The van der Waals surface area contributed by atoms with E-state index in [2.05, 4.69) is 11.9 Å². The molecule has 0 spiro atoms. The van der Waals surface area contributed by atoms with Crippen molar-refractivity contribution in [3.63, 3.8) is 0 Å². The fourth-order valence-electron chi connectivity index (χ4n) is 4.18. The van der Waals surface area contributed by atoms with Gasteiger partial charge in [0.05, 0.1) is 21.3 Å². The van der Waals surface area contributed by atoms with Crippen molar-refractivity contribution in [1.82, 2.24) is 19.7 Å². The summed E-state index contributed by atoms with van der Waals surface area (Å²) in [5.41, 5.74) is 4.59. The van der Waals surface area contributed by atoms with E-state index < -0.39 is 6.61 Å². The molecule has 1 amide bonds. The predicted molar refractivity (Wildman–Crippen MR) is 120 cm³/mol. The van der Waals surface area contributed by atoms with Gasteiger partial charge < -0.3 is 15.0 Å². The van der Waals surface area contributed by atoms with Gasteiger partial charge in [0.1, 0.15) is 6.61 Å². The first kappa shape index (κ1) is 21.2. The molecule has 0 aliphatic carbocycles. The second-order valence-corrected chi connectivity index (χ2v) is 8.59. The van der Waals surface area contributed by atoms with E-state index in [4.69, 9.17) is 28.3 Å². The summed E-state index contributed by atoms with van der Waals surface area (Å²) < 4.78 is 1.97. The Morgan fingerprint density at radius 1 is 1.30 bits per heavy atom. The number of nitrogens with one attached hydrogen (secondary N) is 1. The van der Waals surface area contributed by atoms with E-state index in [-0.39, 0.29) is 5.91 Å². The number of carbonyl (C=O) groups is 1. The molecule has 2 aromatic heterocycles. The molecule has 3 aromatic rings. The van der Waals surface area contributed by atoms with Crippen molar-refractivity contribution in [1.29, 1.82) is 0 Å². The molecule has 160 valence electrons. The number of nitrogens with zero attached hydrogens (tertiary/aromatic N) is 3. The van der Waals surface area contributed by atoms with Gasteiger partial charge in [0.2, 0.25) is 5.91 Å². The van der Waals surface area contributed by atoms with Crippen molar-refractivity contribution in [2.45, 2.75) is 52.1 Å². The van der Waals surface area contributed by atoms with Crippen LogP contribution < -0.4 is 0 Å². The van der Waals surface area contributed by atoms with E-state index in [9.17, 15) is 9.90 Å². The summed E-state index contributed by atoms with van der Waals surface area (Å²) in [5.74, 6) is -0.270. The first-order valence-electron chi connectivity index (χ1n) is 10.5. The summed E-state index contributed by atoms with van der Waals surface area (Å²) in [4.78, 5) is 17.2. The standard InChI is InChI=1S/C22H26Cl2N4O2/c1-2-3-4-5-8-28-10-7-18(26-28)14-11-16(23)21(24)22-20(14)15-12-27(19(30)13-29)9-6-17(15)25-22/h7,10-11,25,29H,2-6,8-9,12-13H2,1H3. The number of hydrogen-bond donors (Lipinski definition) is 2. The number of aromatic amines is 1. The number of unbranched alkanes of at least 4 members (excludes halogenated alkanes) is 3. The van der Waals surface area contributed by atoms with Crippen LogP contribution in [-0.2, 0) is 24.3 Å². The smallest absolute Gasteiger partial charge is 0.248 e. The number of carbonyl (C=O) groups excluding carboxylic acids is 1. The van der Waals surface area contributed by atoms with Crippen molar-refractivity contribution < 1.29 is 9.90 Å². The van der Waals surface area contributed by atoms with E-state index in [0.29, 0.717) is 29.6 Å². The Morgan fingerprint density at radius 2 is 2.13 bits per heavy atom. The molecular formula is C22H26Cl2N4O2. The SMILES string of the molecule is CCCCCCn1ccc(-c2cc(Cl)c(Cl)c3[nH]c4c(c23)CN(C(=O)CO)CC4)n1. The Morgan fingerprint density at radius 3 is 2.90 bits per heavy atom. The van der Waals surface area contributed by atoms with Crippen LogP contribution in [0.4, 0.5) is 0 Å². The number of aryl methyl sites for hydroxylation is 1. The summed E-state index contributed by atoms with van der Waals surface area (Å²) in [6.07, 6.45) is 7.41. The van der Waals surface area contributed by atoms with Gasteiger partial charge in [-0.2, -0.15) is 5.10 Å². The lowest BCUT2D eigenvalue weighted by molar-refractivity contribution is -0.135. The summed E-state index contributed by atoms with van der Waals surface area (Å²) in [6, 6.07) is 3.86. The van der Waals surface area contributed by atoms with Crippen molar-refractivity contribution in [2.24, 2.45) is 0 Å². The maximum absolute atomic E-state index is 12.1. The molecule has 0 unspecified atom stereocenters. The molecule has 0 bridgehead atoms. The molecule has 3 heterocycles. The van der Waals surface area contributed by atoms with E-state index >= 15 is 0 Å². The molecule has 1 aliphatic rings. The first-order valence-corrected chi connectivity index (χ1v) is 11.2. The lowest BCUT2D eigenvalue weighted by Gasteiger charge is -2.26. The van der Waals surface area contributed by atoms with E-state index in [1.807, 2.05) is 23.0 Å². The highest BCUT2D eigenvalue weighted by Gasteiger charge is 2.27. The molecule has 0 atom stereocenters. The monoisotopic (exact) mass is 448 g/mol. The zero-order valence-corrected chi connectivity index (χ0v) is 18.6. The molecule has 2 N–H and O–H groups in total. The van der Waals surface area contributed by atoms with Crippen molar-refractivity contribution in [3.8, 4) is 11.3 Å². The van der Waals surface area contributed by atoms with Crippen molar-refractivity contribution >= 4 is 40.0 Å². The molecule has 6 nitrogen and oxygen atoms in total. The number of H-pyrrole nitrogens is 1. The highest BCUT2D eigenvalue weighted by atomic mass is 35.5. The van der Waals surface area contributed by atoms with Crippen molar-refractivity contribution in [3.05, 3.63) is 39.6 Å². The summed E-state index contributed by atoms with van der Waals surface area (Å²) in [5, 5.41) is 15.9. The van der Waals surface area contributed by atoms with Crippen LogP contribution in [0.25, 0.3) is 22.2 Å². The molecule has 0 saturated carbocycles. The number of amides is 1. The number of fused-ring (bicyclic) bond motifs is 3. The molecule has 1 aromatic carbocycles. The van der Waals surface area contributed by atoms with Gasteiger partial charge in [-0.05, 0) is 18.6 Å². The van der Waals surface area contributed by atoms with Crippen LogP contribution in [0, 0.1) is 0 Å². The van der Waals surface area contributed by atoms with Gasteiger partial charge in [-0.15, -0.1) is 0 Å². The predicted octanol–water partition coefficient (Wildman–Crippen LogP) is 4.80. The normalized spacial score (nSPS) is 13.8. The van der Waals surface area contributed by atoms with Crippen LogP contribution in [0.5, 0.6) is 0 Å². The minimum atomic E-state index is -0.487. The minimum absolute atomic E-state index is 0.270. The number of aliphatic hydroxyl groups excluding tert-OH is 1.